The fourth-order valence-corrected chi connectivity index (χ4v) is 2.53. The highest BCUT2D eigenvalue weighted by atomic mass is 32.2. The van der Waals surface area contributed by atoms with E-state index in [1.807, 2.05) is 0 Å². The number of aromatic nitrogens is 4. The van der Waals surface area contributed by atoms with Gasteiger partial charge in [-0.15, -0.1) is 0 Å². The monoisotopic (exact) mass is 278 g/mol. The average molecular weight is 278 g/mol. The van der Waals surface area contributed by atoms with Gasteiger partial charge in [-0.3, -0.25) is 0 Å². The third-order valence-electron chi connectivity index (χ3n) is 2.80. The Balaban J connectivity index is 1.88. The fourth-order valence-electron chi connectivity index (χ4n) is 1.90. The molecule has 1 saturated heterocycles. The van der Waals surface area contributed by atoms with E-state index in [1.165, 1.54) is 30.9 Å². The summed E-state index contributed by atoms with van der Waals surface area (Å²) in [6.45, 7) is 1.99. The fraction of sp³-hybridized carbons (Fsp3) is 0.455. The van der Waals surface area contributed by atoms with Crippen LogP contribution in [0.15, 0.2) is 27.3 Å². The van der Waals surface area contributed by atoms with Gasteiger partial charge in [0.2, 0.25) is 17.1 Å². The van der Waals surface area contributed by atoms with Crippen LogP contribution >= 0.6 is 11.8 Å². The van der Waals surface area contributed by atoms with Crippen molar-refractivity contribution in [1.82, 2.24) is 19.9 Å². The SMILES string of the molecule is CNc1nc(Sc2ncco2)nc(N2CCCC2)n1. The van der Waals surface area contributed by atoms with Crippen LogP contribution < -0.4 is 10.2 Å². The molecule has 1 fully saturated rings. The lowest BCUT2D eigenvalue weighted by atomic mass is 10.4. The van der Waals surface area contributed by atoms with Gasteiger partial charge in [0, 0.05) is 31.9 Å². The van der Waals surface area contributed by atoms with E-state index in [0.29, 0.717) is 22.3 Å². The first-order valence-electron chi connectivity index (χ1n) is 6.11. The van der Waals surface area contributed by atoms with Crippen molar-refractivity contribution in [2.75, 3.05) is 30.4 Å². The first kappa shape index (κ1) is 12.2. The molecule has 0 saturated carbocycles. The van der Waals surface area contributed by atoms with Crippen molar-refractivity contribution in [3.63, 3.8) is 0 Å². The Bertz CT molecular complexity index is 540. The number of nitrogens with zero attached hydrogens (tertiary/aromatic N) is 5. The van der Waals surface area contributed by atoms with Crippen molar-refractivity contribution in [1.29, 1.82) is 0 Å². The number of hydrogen-bond acceptors (Lipinski definition) is 8. The predicted octanol–water partition coefficient (Wildman–Crippen LogP) is 1.65. The maximum Gasteiger partial charge on any atom is 0.263 e. The van der Waals surface area contributed by atoms with Gasteiger partial charge < -0.3 is 14.6 Å². The Kier molecular flexibility index (Phi) is 3.49. The van der Waals surface area contributed by atoms with Crippen LogP contribution in [0.3, 0.4) is 0 Å². The Morgan fingerprint density at radius 1 is 1.26 bits per heavy atom. The molecule has 0 radical (unpaired) electrons. The molecule has 0 unspecified atom stereocenters. The Morgan fingerprint density at radius 2 is 2.11 bits per heavy atom. The maximum absolute atomic E-state index is 5.19. The second-order valence-electron chi connectivity index (χ2n) is 4.09. The first-order chi connectivity index (χ1) is 9.35. The van der Waals surface area contributed by atoms with Crippen LogP contribution in [-0.2, 0) is 0 Å². The molecule has 0 aromatic carbocycles. The first-order valence-corrected chi connectivity index (χ1v) is 6.93. The predicted molar refractivity (Wildman–Crippen MR) is 71.4 cm³/mol. The largest absolute Gasteiger partial charge is 0.440 e. The van der Waals surface area contributed by atoms with Crippen molar-refractivity contribution in [3.8, 4) is 0 Å². The van der Waals surface area contributed by atoms with E-state index in [-0.39, 0.29) is 0 Å². The van der Waals surface area contributed by atoms with Gasteiger partial charge >= 0.3 is 0 Å². The molecule has 19 heavy (non-hydrogen) atoms. The summed E-state index contributed by atoms with van der Waals surface area (Å²) in [7, 11) is 1.79. The summed E-state index contributed by atoms with van der Waals surface area (Å²) in [5, 5.41) is 4.07. The summed E-state index contributed by atoms with van der Waals surface area (Å²) in [6, 6.07) is 0. The van der Waals surface area contributed by atoms with Crippen molar-refractivity contribution >= 4 is 23.7 Å². The molecule has 1 N–H and O–H groups in total. The van der Waals surface area contributed by atoms with E-state index in [1.54, 1.807) is 13.2 Å². The summed E-state index contributed by atoms with van der Waals surface area (Å²) in [5.41, 5.74) is 0. The van der Waals surface area contributed by atoms with Gasteiger partial charge in [-0.05, 0) is 12.8 Å². The average Bonchev–Trinajstić information content (AvgIpc) is 3.11. The van der Waals surface area contributed by atoms with Gasteiger partial charge in [-0.25, -0.2) is 4.98 Å². The minimum Gasteiger partial charge on any atom is -0.440 e. The van der Waals surface area contributed by atoms with Crippen LogP contribution in [0.1, 0.15) is 12.8 Å². The normalized spacial score (nSPS) is 14.9. The Morgan fingerprint density at radius 3 is 2.79 bits per heavy atom. The quantitative estimate of drug-likeness (QED) is 0.904. The summed E-state index contributed by atoms with van der Waals surface area (Å²) in [4.78, 5) is 19.4. The molecule has 0 atom stereocenters. The lowest BCUT2D eigenvalue weighted by Crippen LogP contribution is -2.21. The summed E-state index contributed by atoms with van der Waals surface area (Å²) >= 11 is 1.29. The Labute approximate surface area is 114 Å². The van der Waals surface area contributed by atoms with Gasteiger partial charge in [0.15, 0.2) is 0 Å². The molecule has 2 aromatic rings. The molecule has 3 heterocycles. The third-order valence-corrected chi connectivity index (χ3v) is 3.55. The molecule has 3 rings (SSSR count). The maximum atomic E-state index is 5.19. The molecule has 7 nitrogen and oxygen atoms in total. The number of nitrogens with one attached hydrogen (secondary N) is 1. The highest BCUT2D eigenvalue weighted by molar-refractivity contribution is 7.98. The zero-order valence-electron chi connectivity index (χ0n) is 10.5. The van der Waals surface area contributed by atoms with Gasteiger partial charge in [-0.1, -0.05) is 0 Å². The van der Waals surface area contributed by atoms with Crippen molar-refractivity contribution in [3.05, 3.63) is 12.5 Å². The molecular formula is C11H14N6OS. The lowest BCUT2D eigenvalue weighted by Gasteiger charge is -2.15. The highest BCUT2D eigenvalue weighted by Gasteiger charge is 2.18. The van der Waals surface area contributed by atoms with Gasteiger partial charge in [0.25, 0.3) is 5.22 Å². The van der Waals surface area contributed by atoms with E-state index in [0.717, 1.165) is 13.1 Å². The van der Waals surface area contributed by atoms with Crippen LogP contribution in [0, 0.1) is 0 Å². The molecular weight excluding hydrogens is 264 g/mol. The van der Waals surface area contributed by atoms with Crippen molar-refractivity contribution < 1.29 is 4.42 Å². The van der Waals surface area contributed by atoms with Crippen LogP contribution in [0.4, 0.5) is 11.9 Å². The molecule has 8 heteroatoms. The zero-order chi connectivity index (χ0) is 13.1. The minimum absolute atomic E-state index is 0.528. The van der Waals surface area contributed by atoms with E-state index in [4.69, 9.17) is 4.42 Å². The lowest BCUT2D eigenvalue weighted by molar-refractivity contribution is 0.453. The topological polar surface area (TPSA) is 80.0 Å². The summed E-state index contributed by atoms with van der Waals surface area (Å²) in [6.07, 6.45) is 5.50. The van der Waals surface area contributed by atoms with E-state index >= 15 is 0 Å². The van der Waals surface area contributed by atoms with E-state index < -0.39 is 0 Å². The number of hydrogen-bond donors (Lipinski definition) is 1. The minimum atomic E-state index is 0.528. The van der Waals surface area contributed by atoms with Crippen molar-refractivity contribution in [2.24, 2.45) is 0 Å². The van der Waals surface area contributed by atoms with Crippen LogP contribution in [0.25, 0.3) is 0 Å². The standard InChI is InChI=1S/C11H14N6OS/c1-12-8-14-9(17-5-2-3-6-17)16-10(15-8)19-11-13-4-7-18-11/h4,7H,2-3,5-6H2,1H3,(H,12,14,15,16). The zero-order valence-corrected chi connectivity index (χ0v) is 11.4. The molecule has 2 aromatic heterocycles. The molecule has 0 aliphatic carbocycles. The van der Waals surface area contributed by atoms with Crippen LogP contribution in [0.5, 0.6) is 0 Å². The molecule has 100 valence electrons. The number of rotatable bonds is 4. The van der Waals surface area contributed by atoms with Crippen LogP contribution in [-0.4, -0.2) is 40.1 Å². The van der Waals surface area contributed by atoms with Gasteiger partial charge in [0.05, 0.1) is 6.20 Å². The smallest absolute Gasteiger partial charge is 0.263 e. The van der Waals surface area contributed by atoms with Gasteiger partial charge in [0.1, 0.15) is 6.26 Å². The number of oxazole rings is 1. The molecule has 1 aliphatic rings. The third kappa shape index (κ3) is 2.78. The van der Waals surface area contributed by atoms with E-state index in [9.17, 15) is 0 Å². The highest BCUT2D eigenvalue weighted by Crippen LogP contribution is 2.26. The molecule has 0 amide bonds. The van der Waals surface area contributed by atoms with Crippen LogP contribution in [0.2, 0.25) is 0 Å². The summed E-state index contributed by atoms with van der Waals surface area (Å²) in [5.74, 6) is 1.27. The molecule has 1 aliphatic heterocycles. The summed E-state index contributed by atoms with van der Waals surface area (Å²) < 4.78 is 5.19. The second-order valence-corrected chi connectivity index (χ2v) is 5.00. The number of anilines is 2. The Hall–Kier alpha value is -1.83. The van der Waals surface area contributed by atoms with E-state index in [2.05, 4.69) is 30.2 Å². The van der Waals surface area contributed by atoms with Gasteiger partial charge in [-0.2, -0.15) is 15.0 Å². The second kappa shape index (κ2) is 5.43. The molecule has 0 bridgehead atoms. The van der Waals surface area contributed by atoms with Crippen molar-refractivity contribution in [2.45, 2.75) is 23.2 Å². The molecule has 0 spiro atoms.